The summed E-state index contributed by atoms with van der Waals surface area (Å²) in [4.78, 5) is 38.2. The van der Waals surface area contributed by atoms with Gasteiger partial charge < -0.3 is 14.2 Å². The molecular weight excluding hydrogens is 901 g/mol. The minimum atomic E-state index is -0.819. The molecule has 0 aromatic carbocycles. The lowest BCUT2D eigenvalue weighted by Gasteiger charge is -2.18. The molecule has 0 saturated heterocycles. The minimum Gasteiger partial charge on any atom is -0.462 e. The van der Waals surface area contributed by atoms with E-state index in [1.807, 2.05) is 6.08 Å². The van der Waals surface area contributed by atoms with Gasteiger partial charge in [-0.25, -0.2) is 0 Å². The van der Waals surface area contributed by atoms with Crippen molar-refractivity contribution in [3.8, 4) is 0 Å². The second-order valence-electron chi connectivity index (χ2n) is 20.6. The normalized spacial score (nSPS) is 12.6. The van der Waals surface area contributed by atoms with Crippen molar-refractivity contribution in [2.75, 3.05) is 13.2 Å². The fourth-order valence-electron chi connectivity index (χ4n) is 8.65. The summed E-state index contributed by atoms with van der Waals surface area (Å²) in [5, 5.41) is 0. The van der Waals surface area contributed by atoms with E-state index in [1.165, 1.54) is 193 Å². The van der Waals surface area contributed by atoms with E-state index in [-0.39, 0.29) is 37.5 Å². The molecule has 1 atom stereocenters. The number of esters is 3. The van der Waals surface area contributed by atoms with Crippen molar-refractivity contribution < 1.29 is 28.6 Å². The number of hydrogen-bond donors (Lipinski definition) is 0. The SMILES string of the molecule is CCCCC/C=C\C/C=C\C/C=C\C/C=C\C/C=C\CCC(=O)O[C@@H](COC(=O)CCCCCCCCC/C=C\CCCCCC)COC(=O)CCCCCCCCCCCCC/C=C\CCCCCCCC. The van der Waals surface area contributed by atoms with Crippen LogP contribution >= 0.6 is 0 Å². The third-order valence-corrected chi connectivity index (χ3v) is 13.4. The predicted octanol–water partition coefficient (Wildman–Crippen LogP) is 21.1. The van der Waals surface area contributed by atoms with Crippen LogP contribution in [-0.4, -0.2) is 37.2 Å². The molecule has 0 fully saturated rings. The van der Waals surface area contributed by atoms with E-state index in [2.05, 4.69) is 99.8 Å². The van der Waals surface area contributed by atoms with E-state index >= 15 is 0 Å². The number of rotatable bonds is 56. The Morgan fingerprint density at radius 2 is 0.521 bits per heavy atom. The lowest BCUT2D eigenvalue weighted by atomic mass is 10.0. The minimum absolute atomic E-state index is 0.107. The maximum absolute atomic E-state index is 12.9. The first kappa shape index (κ1) is 69.6. The van der Waals surface area contributed by atoms with E-state index in [1.54, 1.807) is 0 Å². The average molecular weight is 1020 g/mol. The number of ether oxygens (including phenoxy) is 3. The maximum atomic E-state index is 12.9. The second kappa shape index (κ2) is 61.1. The fourth-order valence-corrected chi connectivity index (χ4v) is 8.65. The smallest absolute Gasteiger partial charge is 0.306 e. The van der Waals surface area contributed by atoms with Gasteiger partial charge in [0.25, 0.3) is 0 Å². The highest BCUT2D eigenvalue weighted by atomic mass is 16.6. The molecule has 0 rings (SSSR count). The molecular formula is C67H116O6. The first-order valence-corrected chi connectivity index (χ1v) is 31.1. The Hall–Kier alpha value is -3.41. The molecule has 0 saturated carbocycles. The Morgan fingerprint density at radius 1 is 0.274 bits per heavy atom. The molecule has 0 bridgehead atoms. The Labute approximate surface area is 452 Å². The fraction of sp³-hybridized carbons (Fsp3) is 0.746. The zero-order valence-electron chi connectivity index (χ0n) is 48.1. The van der Waals surface area contributed by atoms with Gasteiger partial charge in [-0.2, -0.15) is 0 Å². The molecule has 0 radical (unpaired) electrons. The van der Waals surface area contributed by atoms with Crippen LogP contribution in [0.25, 0.3) is 0 Å². The molecule has 0 heterocycles. The molecule has 0 aliphatic heterocycles. The molecule has 73 heavy (non-hydrogen) atoms. The molecule has 6 heteroatoms. The van der Waals surface area contributed by atoms with Crippen LogP contribution in [-0.2, 0) is 28.6 Å². The van der Waals surface area contributed by atoms with Crippen LogP contribution in [0.3, 0.4) is 0 Å². The summed E-state index contributed by atoms with van der Waals surface area (Å²) in [6.45, 7) is 6.56. The molecule has 0 unspecified atom stereocenters. The molecule has 0 aliphatic carbocycles. The summed E-state index contributed by atoms with van der Waals surface area (Å²) in [7, 11) is 0. The predicted molar refractivity (Wildman–Crippen MR) is 316 cm³/mol. The van der Waals surface area contributed by atoms with Crippen LogP contribution in [0.4, 0.5) is 0 Å². The highest BCUT2D eigenvalue weighted by Crippen LogP contribution is 2.15. The van der Waals surface area contributed by atoms with Crippen LogP contribution in [0.15, 0.2) is 85.1 Å². The molecule has 0 aromatic heterocycles. The molecule has 0 spiro atoms. The standard InChI is InChI=1S/C67H116O6/c1-4-7-10-13-16-19-22-25-28-30-32-33-35-36-39-42-45-48-51-54-57-60-66(69)72-63-64(62-71-65(68)59-56-53-50-47-44-41-38-27-24-21-18-15-12-9-6-3)73-67(70)61-58-55-52-49-46-43-40-37-34-31-29-26-23-20-17-14-11-8-5-2/h17,20-21,24-26,28-29,34,37,43,46,52,55,64H,4-16,18-19,22-23,27,30-33,35-36,38-42,44-45,47-51,53-54,56-63H2,1-3H3/b20-17-,24-21-,28-25-,29-26-,37-34-,46-43-,55-52-/t64-/m0/s1. The van der Waals surface area contributed by atoms with Gasteiger partial charge in [-0.15, -0.1) is 0 Å². The van der Waals surface area contributed by atoms with Gasteiger partial charge in [-0.1, -0.05) is 260 Å². The van der Waals surface area contributed by atoms with E-state index in [4.69, 9.17) is 14.2 Å². The van der Waals surface area contributed by atoms with Crippen molar-refractivity contribution in [1.82, 2.24) is 0 Å². The van der Waals surface area contributed by atoms with E-state index in [9.17, 15) is 14.4 Å². The zero-order valence-corrected chi connectivity index (χ0v) is 48.1. The highest BCUT2D eigenvalue weighted by Gasteiger charge is 2.19. The van der Waals surface area contributed by atoms with Crippen molar-refractivity contribution in [2.24, 2.45) is 0 Å². The van der Waals surface area contributed by atoms with Gasteiger partial charge in [-0.3, -0.25) is 14.4 Å². The number of unbranched alkanes of at least 4 members (excludes halogenated alkanes) is 31. The maximum Gasteiger partial charge on any atom is 0.306 e. The molecule has 0 aromatic rings. The van der Waals surface area contributed by atoms with Gasteiger partial charge in [-0.05, 0) is 109 Å². The Morgan fingerprint density at radius 3 is 0.877 bits per heavy atom. The number of carbonyl (C=O) groups is 3. The van der Waals surface area contributed by atoms with E-state index in [0.717, 1.165) is 64.2 Å². The van der Waals surface area contributed by atoms with Crippen molar-refractivity contribution in [3.05, 3.63) is 85.1 Å². The van der Waals surface area contributed by atoms with Gasteiger partial charge in [0.2, 0.25) is 0 Å². The van der Waals surface area contributed by atoms with Gasteiger partial charge >= 0.3 is 17.9 Å². The van der Waals surface area contributed by atoms with E-state index in [0.29, 0.717) is 19.3 Å². The van der Waals surface area contributed by atoms with E-state index < -0.39 is 6.10 Å². The second-order valence-corrected chi connectivity index (χ2v) is 20.6. The largest absolute Gasteiger partial charge is 0.462 e. The summed E-state index contributed by atoms with van der Waals surface area (Å²) in [6.07, 6.45) is 80.2. The first-order valence-electron chi connectivity index (χ1n) is 31.1. The summed E-state index contributed by atoms with van der Waals surface area (Å²) in [5.41, 5.74) is 0. The summed E-state index contributed by atoms with van der Waals surface area (Å²) < 4.78 is 16.8. The number of carbonyl (C=O) groups excluding carboxylic acids is 3. The highest BCUT2D eigenvalue weighted by molar-refractivity contribution is 5.71. The van der Waals surface area contributed by atoms with Gasteiger partial charge in [0.1, 0.15) is 13.2 Å². The monoisotopic (exact) mass is 1020 g/mol. The van der Waals surface area contributed by atoms with Crippen LogP contribution in [0.1, 0.15) is 303 Å². The van der Waals surface area contributed by atoms with Gasteiger partial charge in [0.15, 0.2) is 6.10 Å². The molecule has 0 amide bonds. The molecule has 420 valence electrons. The van der Waals surface area contributed by atoms with Crippen molar-refractivity contribution in [1.29, 1.82) is 0 Å². The third kappa shape index (κ3) is 59.3. The summed E-state index contributed by atoms with van der Waals surface area (Å²) in [5.74, 6) is -0.986. The van der Waals surface area contributed by atoms with Crippen molar-refractivity contribution >= 4 is 17.9 Å². The average Bonchev–Trinajstić information content (AvgIpc) is 3.39. The topological polar surface area (TPSA) is 78.9 Å². The Kier molecular flexibility index (Phi) is 58.3. The first-order chi connectivity index (χ1) is 36.0. The van der Waals surface area contributed by atoms with Crippen LogP contribution < -0.4 is 0 Å². The number of allylic oxidation sites excluding steroid dienone is 14. The third-order valence-electron chi connectivity index (χ3n) is 13.4. The lowest BCUT2D eigenvalue weighted by Crippen LogP contribution is -2.30. The van der Waals surface area contributed by atoms with Gasteiger partial charge in [0, 0.05) is 19.3 Å². The van der Waals surface area contributed by atoms with Crippen molar-refractivity contribution in [2.45, 2.75) is 309 Å². The lowest BCUT2D eigenvalue weighted by molar-refractivity contribution is -0.166. The number of hydrogen-bond acceptors (Lipinski definition) is 6. The zero-order chi connectivity index (χ0) is 52.9. The summed E-state index contributed by atoms with van der Waals surface area (Å²) in [6, 6.07) is 0. The quantitative estimate of drug-likeness (QED) is 0.0261. The van der Waals surface area contributed by atoms with Crippen LogP contribution in [0, 0.1) is 0 Å². The van der Waals surface area contributed by atoms with Crippen LogP contribution in [0.5, 0.6) is 0 Å². The van der Waals surface area contributed by atoms with Crippen molar-refractivity contribution in [3.63, 3.8) is 0 Å². The Bertz CT molecular complexity index is 1400. The Balaban J connectivity index is 4.46. The van der Waals surface area contributed by atoms with Gasteiger partial charge in [0.05, 0.1) is 0 Å². The molecule has 6 nitrogen and oxygen atoms in total. The van der Waals surface area contributed by atoms with Crippen LogP contribution in [0.2, 0.25) is 0 Å². The molecule has 0 N–H and O–H groups in total. The molecule has 0 aliphatic rings. The summed E-state index contributed by atoms with van der Waals surface area (Å²) >= 11 is 0.